The Morgan fingerprint density at radius 2 is 1.52 bits per heavy atom. The lowest BCUT2D eigenvalue weighted by Gasteiger charge is -2.26. The summed E-state index contributed by atoms with van der Waals surface area (Å²) in [4.78, 5) is 52.7. The summed E-state index contributed by atoms with van der Waals surface area (Å²) in [5.74, 6) is -2.86. The predicted octanol–water partition coefficient (Wildman–Crippen LogP) is 1.48. The van der Waals surface area contributed by atoms with Gasteiger partial charge < -0.3 is 18.9 Å². The largest absolute Gasteiger partial charge is 0.463 e. The van der Waals surface area contributed by atoms with E-state index >= 15 is 0 Å². The van der Waals surface area contributed by atoms with E-state index in [9.17, 15) is 19.2 Å². The average molecular weight is 438 g/mol. The highest BCUT2D eigenvalue weighted by atomic mass is 16.7. The van der Waals surface area contributed by atoms with Gasteiger partial charge in [0.05, 0.1) is 17.8 Å². The molecule has 0 aliphatic carbocycles. The highest BCUT2D eigenvalue weighted by Gasteiger charge is 2.51. The molecule has 4 atom stereocenters. The minimum atomic E-state index is -1.14. The minimum absolute atomic E-state index is 0.242. The van der Waals surface area contributed by atoms with Crippen molar-refractivity contribution in [2.75, 3.05) is 6.61 Å². The maximum Gasteiger partial charge on any atom is 0.349 e. The lowest BCUT2D eigenvalue weighted by molar-refractivity contribution is -0.173. The third-order valence-electron chi connectivity index (χ3n) is 4.61. The second-order valence-corrected chi connectivity index (χ2v) is 8.27. The number of hydrogen-bond acceptors (Lipinski definition) is 9. The molecule has 1 aliphatic heterocycles. The molecule has 0 amide bonds. The first-order valence-electron chi connectivity index (χ1n) is 10.3. The van der Waals surface area contributed by atoms with E-state index in [1.807, 2.05) is 0 Å². The molecule has 172 valence electrons. The van der Waals surface area contributed by atoms with Gasteiger partial charge in [0.2, 0.25) is 0 Å². The summed E-state index contributed by atoms with van der Waals surface area (Å²) in [5, 5.41) is 0. The van der Waals surface area contributed by atoms with Gasteiger partial charge in [0.1, 0.15) is 12.7 Å². The highest BCUT2D eigenvalue weighted by molar-refractivity contribution is 5.73. The molecule has 0 spiro atoms. The van der Waals surface area contributed by atoms with Crippen molar-refractivity contribution in [2.24, 2.45) is 17.8 Å². The van der Waals surface area contributed by atoms with Gasteiger partial charge in [-0.05, 0) is 6.07 Å². The van der Waals surface area contributed by atoms with E-state index in [0.717, 1.165) is 4.57 Å². The van der Waals surface area contributed by atoms with E-state index < -0.39 is 60.0 Å². The predicted molar refractivity (Wildman–Crippen MR) is 108 cm³/mol. The first kappa shape index (κ1) is 24.5. The molecule has 2 rings (SSSR count). The summed E-state index contributed by atoms with van der Waals surface area (Å²) in [5.41, 5.74) is -0.633. The van der Waals surface area contributed by atoms with E-state index in [1.165, 1.54) is 18.5 Å². The van der Waals surface area contributed by atoms with Crippen LogP contribution < -0.4 is 5.69 Å². The monoisotopic (exact) mass is 438 g/mol. The number of carbonyl (C=O) groups excluding carboxylic acids is 3. The first-order chi connectivity index (χ1) is 14.5. The smallest absolute Gasteiger partial charge is 0.349 e. The van der Waals surface area contributed by atoms with Crippen LogP contribution in [0.5, 0.6) is 0 Å². The number of ether oxygens (including phenoxy) is 4. The van der Waals surface area contributed by atoms with Crippen molar-refractivity contribution in [3.63, 3.8) is 0 Å². The number of esters is 3. The molecule has 4 unspecified atom stereocenters. The van der Waals surface area contributed by atoms with E-state index in [0.29, 0.717) is 0 Å². The Kier molecular flexibility index (Phi) is 8.32. The van der Waals surface area contributed by atoms with Crippen LogP contribution in [0.15, 0.2) is 23.3 Å². The zero-order valence-corrected chi connectivity index (χ0v) is 18.6. The SMILES string of the molecule is CC(C)C(=O)OCC1OC(n2cccnc2=O)C(OC(=O)C(C)C)C1OC(=O)C(C)C. The molecule has 1 aromatic heterocycles. The molecule has 1 fully saturated rings. The lowest BCUT2D eigenvalue weighted by atomic mass is 10.1. The Balaban J connectivity index is 2.42. The fraction of sp³-hybridized carbons (Fsp3) is 0.667. The van der Waals surface area contributed by atoms with Crippen LogP contribution in [0.3, 0.4) is 0 Å². The molecule has 0 bridgehead atoms. The number of aromatic nitrogens is 2. The standard InChI is InChI=1S/C21H30N2O8/c1-11(2)18(24)28-10-14-15(30-19(25)12(3)4)16(31-20(26)13(5)6)17(29-14)23-9-7-8-22-21(23)27/h7-9,11-17H,10H2,1-6H3. The molecule has 2 heterocycles. The fourth-order valence-corrected chi connectivity index (χ4v) is 2.77. The first-order valence-corrected chi connectivity index (χ1v) is 10.3. The molecular weight excluding hydrogens is 408 g/mol. The van der Waals surface area contributed by atoms with Crippen LogP contribution in [0.1, 0.15) is 47.8 Å². The van der Waals surface area contributed by atoms with Crippen LogP contribution in [0.4, 0.5) is 0 Å². The minimum Gasteiger partial charge on any atom is -0.463 e. The maximum atomic E-state index is 12.4. The van der Waals surface area contributed by atoms with Gasteiger partial charge in [-0.15, -0.1) is 0 Å². The van der Waals surface area contributed by atoms with Crippen molar-refractivity contribution < 1.29 is 33.3 Å². The Morgan fingerprint density at radius 1 is 0.968 bits per heavy atom. The van der Waals surface area contributed by atoms with Gasteiger partial charge in [-0.2, -0.15) is 0 Å². The topological polar surface area (TPSA) is 123 Å². The van der Waals surface area contributed by atoms with Crippen LogP contribution in [-0.4, -0.2) is 52.4 Å². The van der Waals surface area contributed by atoms with Crippen molar-refractivity contribution in [3.05, 3.63) is 28.9 Å². The van der Waals surface area contributed by atoms with Crippen molar-refractivity contribution in [1.82, 2.24) is 9.55 Å². The van der Waals surface area contributed by atoms with Gasteiger partial charge in [0.25, 0.3) is 0 Å². The summed E-state index contributed by atoms with van der Waals surface area (Å²) >= 11 is 0. The van der Waals surface area contributed by atoms with Crippen LogP contribution in [0.2, 0.25) is 0 Å². The number of hydrogen-bond donors (Lipinski definition) is 0. The third kappa shape index (κ3) is 6.13. The summed E-state index contributed by atoms with van der Waals surface area (Å²) in [6.07, 6.45) is -1.54. The fourth-order valence-electron chi connectivity index (χ4n) is 2.77. The Bertz CT molecular complexity index is 848. The van der Waals surface area contributed by atoms with Crippen molar-refractivity contribution in [3.8, 4) is 0 Å². The zero-order chi connectivity index (χ0) is 23.3. The van der Waals surface area contributed by atoms with Crippen LogP contribution in [0, 0.1) is 17.8 Å². The second-order valence-electron chi connectivity index (χ2n) is 8.27. The normalized spacial score (nSPS) is 23.3. The molecule has 1 saturated heterocycles. The number of carbonyl (C=O) groups is 3. The quantitative estimate of drug-likeness (QED) is 0.438. The van der Waals surface area contributed by atoms with Crippen molar-refractivity contribution >= 4 is 17.9 Å². The van der Waals surface area contributed by atoms with Gasteiger partial charge >= 0.3 is 23.6 Å². The Morgan fingerprint density at radius 3 is 2.03 bits per heavy atom. The highest BCUT2D eigenvalue weighted by Crippen LogP contribution is 2.34. The van der Waals surface area contributed by atoms with E-state index in [2.05, 4.69) is 4.98 Å². The number of nitrogens with zero attached hydrogens (tertiary/aromatic N) is 2. The molecule has 10 heteroatoms. The van der Waals surface area contributed by atoms with Gasteiger partial charge in [-0.3, -0.25) is 19.0 Å². The van der Waals surface area contributed by atoms with Gasteiger partial charge in [0.15, 0.2) is 18.4 Å². The molecular formula is C21H30N2O8. The Labute approximate surface area is 180 Å². The Hall–Kier alpha value is -2.75. The summed E-state index contributed by atoms with van der Waals surface area (Å²) in [7, 11) is 0. The van der Waals surface area contributed by atoms with Gasteiger partial charge in [-0.1, -0.05) is 41.5 Å². The molecule has 0 saturated carbocycles. The van der Waals surface area contributed by atoms with Gasteiger partial charge in [0, 0.05) is 12.4 Å². The average Bonchev–Trinajstić information content (AvgIpc) is 3.03. The summed E-state index contributed by atoms with van der Waals surface area (Å²) < 4.78 is 23.6. The number of rotatable bonds is 8. The van der Waals surface area contributed by atoms with E-state index in [-0.39, 0.29) is 12.5 Å². The molecule has 1 aromatic rings. The molecule has 0 N–H and O–H groups in total. The molecule has 0 radical (unpaired) electrons. The summed E-state index contributed by atoms with van der Waals surface area (Å²) in [6, 6.07) is 1.52. The van der Waals surface area contributed by atoms with Crippen LogP contribution >= 0.6 is 0 Å². The van der Waals surface area contributed by atoms with Gasteiger partial charge in [-0.25, -0.2) is 9.78 Å². The van der Waals surface area contributed by atoms with Crippen LogP contribution in [0.25, 0.3) is 0 Å². The maximum absolute atomic E-state index is 12.4. The molecule has 1 aliphatic rings. The van der Waals surface area contributed by atoms with Crippen molar-refractivity contribution in [1.29, 1.82) is 0 Å². The molecule has 0 aromatic carbocycles. The van der Waals surface area contributed by atoms with E-state index in [1.54, 1.807) is 41.5 Å². The zero-order valence-electron chi connectivity index (χ0n) is 18.6. The second kappa shape index (κ2) is 10.5. The molecule has 10 nitrogen and oxygen atoms in total. The van der Waals surface area contributed by atoms with Crippen LogP contribution in [-0.2, 0) is 33.3 Å². The van der Waals surface area contributed by atoms with E-state index in [4.69, 9.17) is 18.9 Å². The van der Waals surface area contributed by atoms with Crippen molar-refractivity contribution in [2.45, 2.75) is 66.1 Å². The third-order valence-corrected chi connectivity index (χ3v) is 4.61. The molecule has 31 heavy (non-hydrogen) atoms. The summed E-state index contributed by atoms with van der Waals surface area (Å²) in [6.45, 7) is 9.74. The lowest BCUT2D eigenvalue weighted by Crippen LogP contribution is -2.43.